The lowest BCUT2D eigenvalue weighted by Crippen LogP contribution is -2.11. The molecule has 0 aliphatic heterocycles. The second-order valence-electron chi connectivity index (χ2n) is 3.06. The van der Waals surface area contributed by atoms with Crippen LogP contribution in [-0.2, 0) is 0 Å². The van der Waals surface area contributed by atoms with Crippen LogP contribution in [-0.4, -0.2) is 5.91 Å². The molecule has 0 saturated carbocycles. The molecule has 16 heavy (non-hydrogen) atoms. The zero-order valence-corrected chi connectivity index (χ0v) is 10.4. The minimum atomic E-state index is -0.312. The lowest BCUT2D eigenvalue weighted by atomic mass is 10.3. The lowest BCUT2D eigenvalue weighted by Gasteiger charge is -2.05. The minimum absolute atomic E-state index is 0.256. The van der Waals surface area contributed by atoms with E-state index in [4.69, 9.17) is 16.0 Å². The third-order valence-electron chi connectivity index (χ3n) is 1.92. The van der Waals surface area contributed by atoms with Crippen LogP contribution in [0, 0.1) is 0 Å². The molecule has 0 fully saturated rings. The number of rotatable bonds is 2. The van der Waals surface area contributed by atoms with Gasteiger partial charge in [-0.25, -0.2) is 0 Å². The first-order valence-electron chi connectivity index (χ1n) is 4.47. The highest BCUT2D eigenvalue weighted by molar-refractivity contribution is 9.10. The molecule has 0 spiro atoms. The number of anilines is 1. The van der Waals surface area contributed by atoms with E-state index in [0.717, 1.165) is 4.47 Å². The van der Waals surface area contributed by atoms with Gasteiger partial charge >= 0.3 is 0 Å². The van der Waals surface area contributed by atoms with Crippen LogP contribution in [0.25, 0.3) is 0 Å². The fourth-order valence-electron chi connectivity index (χ4n) is 1.18. The number of furan rings is 1. The summed E-state index contributed by atoms with van der Waals surface area (Å²) in [4.78, 5) is 11.7. The Hall–Kier alpha value is -1.26. The summed E-state index contributed by atoms with van der Waals surface area (Å²) in [5.74, 6) is -0.0557. The van der Waals surface area contributed by atoms with E-state index in [0.29, 0.717) is 10.7 Å². The first kappa shape index (κ1) is 11.2. The predicted octanol–water partition coefficient (Wildman–Crippen LogP) is 3.95. The normalized spacial score (nSPS) is 10.1. The summed E-state index contributed by atoms with van der Waals surface area (Å²) in [5.41, 5.74) is 0.605. The average molecular weight is 301 g/mol. The minimum Gasteiger partial charge on any atom is -0.459 e. The van der Waals surface area contributed by atoms with Crippen LogP contribution >= 0.6 is 27.5 Å². The van der Waals surface area contributed by atoms with Gasteiger partial charge in [0.2, 0.25) is 0 Å². The molecule has 0 saturated heterocycles. The van der Waals surface area contributed by atoms with Crippen molar-refractivity contribution >= 4 is 39.1 Å². The van der Waals surface area contributed by atoms with Crippen LogP contribution in [0.5, 0.6) is 0 Å². The van der Waals surface area contributed by atoms with E-state index in [2.05, 4.69) is 21.2 Å². The average Bonchev–Trinajstić information content (AvgIpc) is 2.76. The van der Waals surface area contributed by atoms with Gasteiger partial charge in [0.15, 0.2) is 5.76 Å². The van der Waals surface area contributed by atoms with E-state index >= 15 is 0 Å². The summed E-state index contributed by atoms with van der Waals surface area (Å²) < 4.78 is 5.74. The molecule has 0 bridgehead atoms. The monoisotopic (exact) mass is 299 g/mol. The lowest BCUT2D eigenvalue weighted by molar-refractivity contribution is 0.0996. The van der Waals surface area contributed by atoms with Crippen molar-refractivity contribution in [2.45, 2.75) is 0 Å². The van der Waals surface area contributed by atoms with Crippen molar-refractivity contribution in [3.8, 4) is 0 Å². The Morgan fingerprint density at radius 3 is 2.88 bits per heavy atom. The van der Waals surface area contributed by atoms with Gasteiger partial charge in [-0.2, -0.15) is 0 Å². The van der Waals surface area contributed by atoms with Gasteiger partial charge in [0.25, 0.3) is 5.91 Å². The molecule has 1 aromatic carbocycles. The largest absolute Gasteiger partial charge is 0.459 e. The first-order chi connectivity index (χ1) is 7.66. The second-order valence-corrected chi connectivity index (χ2v) is 4.35. The summed E-state index contributed by atoms with van der Waals surface area (Å²) >= 11 is 9.15. The highest BCUT2D eigenvalue weighted by Gasteiger charge is 2.10. The summed E-state index contributed by atoms with van der Waals surface area (Å²) in [6.07, 6.45) is 1.45. The van der Waals surface area contributed by atoms with E-state index in [1.165, 1.54) is 6.26 Å². The second kappa shape index (κ2) is 4.72. The Labute approximate surface area is 106 Å². The highest BCUT2D eigenvalue weighted by atomic mass is 79.9. The number of benzene rings is 1. The van der Waals surface area contributed by atoms with Crippen LogP contribution < -0.4 is 5.32 Å². The summed E-state index contributed by atoms with van der Waals surface area (Å²) in [6.45, 7) is 0. The van der Waals surface area contributed by atoms with Gasteiger partial charge in [-0.3, -0.25) is 4.79 Å². The Kier molecular flexibility index (Phi) is 3.31. The van der Waals surface area contributed by atoms with Crippen LogP contribution in [0.4, 0.5) is 5.69 Å². The van der Waals surface area contributed by atoms with Crippen molar-refractivity contribution in [2.75, 3.05) is 5.32 Å². The Balaban J connectivity index is 2.21. The number of hydrogen-bond acceptors (Lipinski definition) is 2. The standard InChI is InChI=1S/C11H7BrClNO2/c12-8-4-3-7(13)6-9(8)14-11(15)10-2-1-5-16-10/h1-6H,(H,14,15). The summed E-state index contributed by atoms with van der Waals surface area (Å²) in [5, 5.41) is 3.24. The molecule has 82 valence electrons. The molecule has 0 unspecified atom stereocenters. The number of amides is 1. The van der Waals surface area contributed by atoms with Crippen molar-refractivity contribution < 1.29 is 9.21 Å². The zero-order chi connectivity index (χ0) is 11.5. The maximum absolute atomic E-state index is 11.7. The van der Waals surface area contributed by atoms with E-state index in [9.17, 15) is 4.79 Å². The van der Waals surface area contributed by atoms with Gasteiger partial charge in [-0.1, -0.05) is 11.6 Å². The third-order valence-corrected chi connectivity index (χ3v) is 2.85. The molecule has 0 aliphatic carbocycles. The molecule has 2 rings (SSSR count). The Bertz CT molecular complexity index is 511. The molecular formula is C11H7BrClNO2. The molecule has 1 heterocycles. The molecule has 1 N–H and O–H groups in total. The van der Waals surface area contributed by atoms with Crippen molar-refractivity contribution in [3.63, 3.8) is 0 Å². The summed E-state index contributed by atoms with van der Waals surface area (Å²) in [7, 11) is 0. The third kappa shape index (κ3) is 2.46. The first-order valence-corrected chi connectivity index (χ1v) is 5.64. The molecule has 1 aromatic heterocycles. The highest BCUT2D eigenvalue weighted by Crippen LogP contribution is 2.26. The molecule has 1 amide bonds. The topological polar surface area (TPSA) is 42.2 Å². The maximum atomic E-state index is 11.7. The smallest absolute Gasteiger partial charge is 0.291 e. The molecular weight excluding hydrogens is 293 g/mol. The molecule has 3 nitrogen and oxygen atoms in total. The molecule has 5 heteroatoms. The fraction of sp³-hybridized carbons (Fsp3) is 0. The van der Waals surface area contributed by atoms with Gasteiger partial charge in [0.1, 0.15) is 0 Å². The van der Waals surface area contributed by atoms with Gasteiger partial charge in [-0.05, 0) is 46.3 Å². The summed E-state index contributed by atoms with van der Waals surface area (Å²) in [6, 6.07) is 8.40. The molecule has 0 aliphatic rings. The van der Waals surface area contributed by atoms with Crippen LogP contribution in [0.15, 0.2) is 45.5 Å². The number of carbonyl (C=O) groups is 1. The van der Waals surface area contributed by atoms with Crippen molar-refractivity contribution in [2.24, 2.45) is 0 Å². The van der Waals surface area contributed by atoms with E-state index in [-0.39, 0.29) is 11.7 Å². The maximum Gasteiger partial charge on any atom is 0.291 e. The number of hydrogen-bond donors (Lipinski definition) is 1. The van der Waals surface area contributed by atoms with Gasteiger partial charge < -0.3 is 9.73 Å². The van der Waals surface area contributed by atoms with Crippen molar-refractivity contribution in [1.29, 1.82) is 0 Å². The van der Waals surface area contributed by atoms with Crippen molar-refractivity contribution in [1.82, 2.24) is 0 Å². The van der Waals surface area contributed by atoms with Gasteiger partial charge in [-0.15, -0.1) is 0 Å². The molecule has 0 atom stereocenters. The molecule has 0 radical (unpaired) electrons. The van der Waals surface area contributed by atoms with Crippen LogP contribution in [0.2, 0.25) is 5.02 Å². The fourth-order valence-corrected chi connectivity index (χ4v) is 1.70. The number of nitrogens with one attached hydrogen (secondary N) is 1. The van der Waals surface area contributed by atoms with Crippen LogP contribution in [0.3, 0.4) is 0 Å². The zero-order valence-electron chi connectivity index (χ0n) is 8.04. The van der Waals surface area contributed by atoms with Crippen molar-refractivity contribution in [3.05, 3.63) is 51.9 Å². The van der Waals surface area contributed by atoms with E-state index in [1.54, 1.807) is 30.3 Å². The molecule has 2 aromatic rings. The van der Waals surface area contributed by atoms with E-state index in [1.807, 2.05) is 0 Å². The van der Waals surface area contributed by atoms with E-state index < -0.39 is 0 Å². The predicted molar refractivity (Wildman–Crippen MR) is 65.8 cm³/mol. The number of halogens is 2. The Morgan fingerprint density at radius 1 is 1.38 bits per heavy atom. The Morgan fingerprint density at radius 2 is 2.19 bits per heavy atom. The van der Waals surface area contributed by atoms with Gasteiger partial charge in [0.05, 0.1) is 12.0 Å². The van der Waals surface area contributed by atoms with Crippen LogP contribution in [0.1, 0.15) is 10.6 Å². The van der Waals surface area contributed by atoms with Gasteiger partial charge in [0, 0.05) is 9.50 Å². The SMILES string of the molecule is O=C(Nc1cc(Cl)ccc1Br)c1ccco1. The quantitative estimate of drug-likeness (QED) is 0.912. The number of carbonyl (C=O) groups excluding carboxylic acids is 1.